The maximum atomic E-state index is 12.3. The molecule has 0 bridgehead atoms. The zero-order chi connectivity index (χ0) is 15.4. The lowest BCUT2D eigenvalue weighted by Gasteiger charge is -2.20. The first kappa shape index (κ1) is 15.2. The van der Waals surface area contributed by atoms with Crippen LogP contribution in [0.5, 0.6) is 0 Å². The molecule has 2 aromatic rings. The van der Waals surface area contributed by atoms with Gasteiger partial charge in [0.25, 0.3) is 0 Å². The van der Waals surface area contributed by atoms with Crippen molar-refractivity contribution in [1.82, 2.24) is 9.88 Å². The highest BCUT2D eigenvalue weighted by Gasteiger charge is 2.32. The summed E-state index contributed by atoms with van der Waals surface area (Å²) in [5, 5.41) is 12.1. The number of hydrogen-bond acceptors (Lipinski definition) is 4. The van der Waals surface area contributed by atoms with Crippen LogP contribution in [0.3, 0.4) is 0 Å². The number of hydrogen-bond donors (Lipinski definition) is 1. The largest absolute Gasteiger partial charge is 0.395 e. The van der Waals surface area contributed by atoms with Gasteiger partial charge in [-0.3, -0.25) is 4.79 Å². The van der Waals surface area contributed by atoms with Crippen LogP contribution in [0.2, 0.25) is 0 Å². The van der Waals surface area contributed by atoms with Gasteiger partial charge in [0.2, 0.25) is 5.91 Å². The quantitative estimate of drug-likeness (QED) is 0.852. The van der Waals surface area contributed by atoms with E-state index in [0.717, 1.165) is 30.0 Å². The topological polar surface area (TPSA) is 53.4 Å². The lowest BCUT2D eigenvalue weighted by Crippen LogP contribution is -2.36. The summed E-state index contributed by atoms with van der Waals surface area (Å²) in [6.07, 6.45) is 3.26. The normalized spacial score (nSPS) is 14.0. The Labute approximate surface area is 134 Å². The van der Waals surface area contributed by atoms with Crippen molar-refractivity contribution in [3.05, 3.63) is 52.0 Å². The van der Waals surface area contributed by atoms with Gasteiger partial charge >= 0.3 is 0 Å². The Balaban J connectivity index is 1.60. The second-order valence-corrected chi connectivity index (χ2v) is 6.56. The lowest BCUT2D eigenvalue weighted by atomic mass is 10.2. The molecule has 1 fully saturated rings. The first-order chi connectivity index (χ1) is 10.8. The molecule has 4 nitrogen and oxygen atoms in total. The third-order valence-electron chi connectivity index (χ3n) is 3.78. The molecule has 1 aliphatic carbocycles. The minimum absolute atomic E-state index is 0.0264. The fourth-order valence-corrected chi connectivity index (χ4v) is 3.37. The Hall–Kier alpha value is -1.72. The Morgan fingerprint density at radius 3 is 2.77 bits per heavy atom. The number of rotatable bonds is 7. The molecule has 1 aromatic heterocycles. The van der Waals surface area contributed by atoms with Crippen LogP contribution in [-0.2, 0) is 17.6 Å². The number of carbonyl (C=O) groups excluding carboxylic acids is 1. The minimum atomic E-state index is 0.0264. The first-order valence-corrected chi connectivity index (χ1v) is 8.52. The van der Waals surface area contributed by atoms with Crippen molar-refractivity contribution in [1.29, 1.82) is 0 Å². The second-order valence-electron chi connectivity index (χ2n) is 5.61. The molecule has 1 amide bonds. The molecule has 1 aromatic carbocycles. The summed E-state index contributed by atoms with van der Waals surface area (Å²) >= 11 is 1.60. The number of thiazole rings is 1. The molecular formula is C17H20N2O2S. The number of aromatic nitrogens is 1. The van der Waals surface area contributed by atoms with Gasteiger partial charge in [-0.05, 0) is 18.4 Å². The number of carbonyl (C=O) groups is 1. The summed E-state index contributed by atoms with van der Waals surface area (Å²) in [6.45, 7) is 0.461. The number of nitrogens with zero attached hydrogens (tertiary/aromatic N) is 2. The van der Waals surface area contributed by atoms with Crippen LogP contribution in [-0.4, -0.2) is 40.1 Å². The average molecular weight is 316 g/mol. The van der Waals surface area contributed by atoms with Gasteiger partial charge in [-0.2, -0.15) is 0 Å². The summed E-state index contributed by atoms with van der Waals surface area (Å²) in [6, 6.07) is 10.6. The molecule has 0 spiro atoms. The molecule has 116 valence electrons. The van der Waals surface area contributed by atoms with Crippen molar-refractivity contribution >= 4 is 17.2 Å². The van der Waals surface area contributed by atoms with Crippen LogP contribution in [0.1, 0.15) is 29.1 Å². The summed E-state index contributed by atoms with van der Waals surface area (Å²) in [4.78, 5) is 18.7. The van der Waals surface area contributed by atoms with Crippen LogP contribution in [0, 0.1) is 0 Å². The SMILES string of the molecule is O=C(Cc1csc(Cc2ccccc2)n1)N(CCO)C1CC1. The van der Waals surface area contributed by atoms with Gasteiger partial charge in [-0.15, -0.1) is 11.3 Å². The Bertz CT molecular complexity index is 623. The molecular weight excluding hydrogens is 296 g/mol. The maximum absolute atomic E-state index is 12.3. The van der Waals surface area contributed by atoms with E-state index in [1.807, 2.05) is 23.6 Å². The van der Waals surface area contributed by atoms with E-state index in [1.54, 1.807) is 16.2 Å². The van der Waals surface area contributed by atoms with Crippen LogP contribution in [0.25, 0.3) is 0 Å². The zero-order valence-electron chi connectivity index (χ0n) is 12.4. The van der Waals surface area contributed by atoms with Crippen LogP contribution in [0.4, 0.5) is 0 Å². The third-order valence-corrected chi connectivity index (χ3v) is 4.68. The van der Waals surface area contributed by atoms with Crippen LogP contribution < -0.4 is 0 Å². The molecule has 0 aliphatic heterocycles. The molecule has 3 rings (SSSR count). The van der Waals surface area contributed by atoms with E-state index in [1.165, 1.54) is 5.56 Å². The molecule has 0 saturated heterocycles. The van der Waals surface area contributed by atoms with E-state index in [9.17, 15) is 4.79 Å². The maximum Gasteiger partial charge on any atom is 0.228 e. The van der Waals surface area contributed by atoms with Crippen LogP contribution in [0.15, 0.2) is 35.7 Å². The fraction of sp³-hybridized carbons (Fsp3) is 0.412. The van der Waals surface area contributed by atoms with Crippen molar-refractivity contribution in [2.24, 2.45) is 0 Å². The smallest absolute Gasteiger partial charge is 0.228 e. The predicted molar refractivity (Wildman–Crippen MR) is 86.9 cm³/mol. The van der Waals surface area contributed by atoms with E-state index >= 15 is 0 Å². The van der Waals surface area contributed by atoms with Gasteiger partial charge in [-0.1, -0.05) is 30.3 Å². The van der Waals surface area contributed by atoms with Gasteiger partial charge in [0.15, 0.2) is 0 Å². The number of aliphatic hydroxyl groups is 1. The van der Waals surface area contributed by atoms with Crippen molar-refractivity contribution in [2.75, 3.05) is 13.2 Å². The summed E-state index contributed by atoms with van der Waals surface area (Å²) in [5.74, 6) is 0.0770. The molecule has 1 saturated carbocycles. The molecule has 1 N–H and O–H groups in total. The van der Waals surface area contributed by atoms with Gasteiger partial charge in [0.05, 0.1) is 23.7 Å². The highest BCUT2D eigenvalue weighted by Crippen LogP contribution is 2.27. The van der Waals surface area contributed by atoms with E-state index in [0.29, 0.717) is 19.0 Å². The standard InChI is InChI=1S/C17H20N2O2S/c20-9-8-19(15-6-7-15)17(21)11-14-12-22-16(18-14)10-13-4-2-1-3-5-13/h1-5,12,15,20H,6-11H2. The highest BCUT2D eigenvalue weighted by molar-refractivity contribution is 7.09. The summed E-state index contributed by atoms with van der Waals surface area (Å²) in [5.41, 5.74) is 2.07. The third kappa shape index (κ3) is 3.93. The first-order valence-electron chi connectivity index (χ1n) is 7.64. The Kier molecular flexibility index (Phi) is 4.85. The fourth-order valence-electron chi connectivity index (χ4n) is 2.54. The van der Waals surface area contributed by atoms with Gasteiger partial charge < -0.3 is 10.0 Å². The monoisotopic (exact) mass is 316 g/mol. The molecule has 0 radical (unpaired) electrons. The molecule has 0 unspecified atom stereocenters. The van der Waals surface area contributed by atoms with E-state index in [2.05, 4.69) is 17.1 Å². The second kappa shape index (κ2) is 7.03. The highest BCUT2D eigenvalue weighted by atomic mass is 32.1. The molecule has 1 aliphatic rings. The molecule has 5 heteroatoms. The molecule has 1 heterocycles. The molecule has 22 heavy (non-hydrogen) atoms. The van der Waals surface area contributed by atoms with Gasteiger partial charge in [-0.25, -0.2) is 4.98 Å². The average Bonchev–Trinajstić information content (AvgIpc) is 3.27. The van der Waals surface area contributed by atoms with Gasteiger partial charge in [0.1, 0.15) is 0 Å². The minimum Gasteiger partial charge on any atom is -0.395 e. The van der Waals surface area contributed by atoms with E-state index < -0.39 is 0 Å². The van der Waals surface area contributed by atoms with Gasteiger partial charge in [0, 0.05) is 24.4 Å². The van der Waals surface area contributed by atoms with E-state index in [-0.39, 0.29) is 12.5 Å². The zero-order valence-corrected chi connectivity index (χ0v) is 13.3. The van der Waals surface area contributed by atoms with Crippen molar-refractivity contribution < 1.29 is 9.90 Å². The van der Waals surface area contributed by atoms with Crippen molar-refractivity contribution in [3.63, 3.8) is 0 Å². The number of aliphatic hydroxyl groups excluding tert-OH is 1. The predicted octanol–water partition coefficient (Wildman–Crippen LogP) is 2.26. The van der Waals surface area contributed by atoms with Crippen molar-refractivity contribution in [3.8, 4) is 0 Å². The molecule has 0 atom stereocenters. The summed E-state index contributed by atoms with van der Waals surface area (Å²) in [7, 11) is 0. The summed E-state index contributed by atoms with van der Waals surface area (Å²) < 4.78 is 0. The van der Waals surface area contributed by atoms with E-state index in [4.69, 9.17) is 5.11 Å². The van der Waals surface area contributed by atoms with Crippen LogP contribution >= 0.6 is 11.3 Å². The lowest BCUT2D eigenvalue weighted by molar-refractivity contribution is -0.131. The number of benzene rings is 1. The Morgan fingerprint density at radius 2 is 2.09 bits per heavy atom. The number of amides is 1. The van der Waals surface area contributed by atoms with Crippen molar-refractivity contribution in [2.45, 2.75) is 31.7 Å². The Morgan fingerprint density at radius 1 is 1.32 bits per heavy atom.